The molecule has 1 aliphatic rings. The van der Waals surface area contributed by atoms with Gasteiger partial charge in [0.1, 0.15) is 11.4 Å². The largest absolute Gasteiger partial charge is 0.497 e. The van der Waals surface area contributed by atoms with E-state index in [2.05, 4.69) is 6.92 Å². The van der Waals surface area contributed by atoms with Gasteiger partial charge in [-0.15, -0.1) is 0 Å². The van der Waals surface area contributed by atoms with E-state index in [1.54, 1.807) is 43.3 Å². The van der Waals surface area contributed by atoms with Crippen LogP contribution < -0.4 is 4.74 Å². The highest BCUT2D eigenvalue weighted by molar-refractivity contribution is 6.35. The lowest BCUT2D eigenvalue weighted by Gasteiger charge is -2.20. The van der Waals surface area contributed by atoms with Crippen molar-refractivity contribution in [1.29, 1.82) is 0 Å². The van der Waals surface area contributed by atoms with Crippen LogP contribution in [0.1, 0.15) is 31.7 Å². The molecule has 0 unspecified atom stereocenters. The number of unbranched alkanes of at least 4 members (excludes halogenated alkanes) is 2. The zero-order chi connectivity index (χ0) is 18.4. The van der Waals surface area contributed by atoms with E-state index in [1.165, 1.54) is 4.90 Å². The maximum absolute atomic E-state index is 12.9. The number of nitrogens with zero attached hydrogens (tertiary/aromatic N) is 2. The number of hydrogen-bond acceptors (Lipinski definition) is 5. The monoisotopic (exact) mass is 346 g/mol. The summed E-state index contributed by atoms with van der Waals surface area (Å²) in [7, 11) is 3.30. The van der Waals surface area contributed by atoms with Gasteiger partial charge in [0.15, 0.2) is 0 Å². The Kier molecular flexibility index (Phi) is 6.58. The summed E-state index contributed by atoms with van der Waals surface area (Å²) >= 11 is 0. The molecule has 1 aromatic rings. The first-order valence-electron chi connectivity index (χ1n) is 8.62. The average molecular weight is 346 g/mol. The molecule has 1 aliphatic heterocycles. The average Bonchev–Trinajstić information content (AvgIpc) is 2.86. The molecule has 0 atom stereocenters. The van der Waals surface area contributed by atoms with E-state index >= 15 is 0 Å². The van der Waals surface area contributed by atoms with Crippen LogP contribution in [0.5, 0.6) is 5.75 Å². The van der Waals surface area contributed by atoms with Crippen molar-refractivity contribution in [2.24, 2.45) is 0 Å². The Morgan fingerprint density at radius 1 is 1.12 bits per heavy atom. The first kappa shape index (κ1) is 19.0. The molecule has 1 N–H and O–H groups in total. The van der Waals surface area contributed by atoms with Gasteiger partial charge in [0.05, 0.1) is 19.3 Å². The van der Waals surface area contributed by atoms with Crippen molar-refractivity contribution in [2.45, 2.75) is 26.2 Å². The molecule has 2 rings (SSSR count). The van der Waals surface area contributed by atoms with E-state index in [4.69, 9.17) is 4.74 Å². The standard InChI is InChI=1S/C19H26N2O4/c1-4-5-6-11-21-18(23)16(14-7-9-15(25-3)10-8-14)17(19(21)24)20(2)12-13-22/h7-10,22H,4-6,11-13H2,1-3H3. The third-order valence-electron chi connectivity index (χ3n) is 4.32. The van der Waals surface area contributed by atoms with Crippen molar-refractivity contribution in [1.82, 2.24) is 9.80 Å². The van der Waals surface area contributed by atoms with Gasteiger partial charge in [-0.3, -0.25) is 14.5 Å². The Morgan fingerprint density at radius 2 is 1.80 bits per heavy atom. The number of imide groups is 1. The molecule has 0 aliphatic carbocycles. The maximum atomic E-state index is 12.9. The molecule has 0 spiro atoms. The zero-order valence-electron chi connectivity index (χ0n) is 15.1. The van der Waals surface area contributed by atoms with E-state index in [0.717, 1.165) is 19.3 Å². The van der Waals surface area contributed by atoms with Crippen LogP contribution >= 0.6 is 0 Å². The number of aliphatic hydroxyl groups excluding tert-OH is 1. The third kappa shape index (κ3) is 4.02. The van der Waals surface area contributed by atoms with Crippen molar-refractivity contribution < 1.29 is 19.4 Å². The maximum Gasteiger partial charge on any atom is 0.277 e. The first-order valence-corrected chi connectivity index (χ1v) is 8.62. The van der Waals surface area contributed by atoms with Crippen molar-refractivity contribution in [3.05, 3.63) is 35.5 Å². The molecule has 1 heterocycles. The minimum atomic E-state index is -0.289. The van der Waals surface area contributed by atoms with E-state index < -0.39 is 0 Å². The van der Waals surface area contributed by atoms with E-state index in [1.807, 2.05) is 0 Å². The molecular formula is C19H26N2O4. The Labute approximate surface area is 148 Å². The van der Waals surface area contributed by atoms with Crippen LogP contribution in [0.4, 0.5) is 0 Å². The van der Waals surface area contributed by atoms with Gasteiger partial charge < -0.3 is 14.7 Å². The van der Waals surface area contributed by atoms with Crippen molar-refractivity contribution in [2.75, 3.05) is 33.9 Å². The second-order valence-corrected chi connectivity index (χ2v) is 6.07. The van der Waals surface area contributed by atoms with E-state index in [-0.39, 0.29) is 25.0 Å². The highest BCUT2D eigenvalue weighted by Crippen LogP contribution is 2.32. The first-order chi connectivity index (χ1) is 12.0. The van der Waals surface area contributed by atoms with Crippen LogP contribution in [0.2, 0.25) is 0 Å². The SMILES string of the molecule is CCCCCN1C(=O)C(c2ccc(OC)cc2)=C(N(C)CCO)C1=O. The van der Waals surface area contributed by atoms with Crippen LogP contribution in [0.3, 0.4) is 0 Å². The summed E-state index contributed by atoms with van der Waals surface area (Å²) in [4.78, 5) is 28.7. The van der Waals surface area contributed by atoms with Gasteiger partial charge in [0, 0.05) is 20.1 Å². The van der Waals surface area contributed by atoms with E-state index in [0.29, 0.717) is 29.1 Å². The molecule has 0 saturated heterocycles. The number of amides is 2. The highest BCUT2D eigenvalue weighted by atomic mass is 16.5. The Balaban J connectivity index is 2.39. The molecule has 0 bridgehead atoms. The number of rotatable bonds is 9. The highest BCUT2D eigenvalue weighted by Gasteiger charge is 2.40. The summed E-state index contributed by atoms with van der Waals surface area (Å²) in [6.45, 7) is 2.70. The fourth-order valence-electron chi connectivity index (χ4n) is 2.92. The molecule has 0 aromatic heterocycles. The number of carbonyl (C=O) groups excluding carboxylic acids is 2. The van der Waals surface area contributed by atoms with Gasteiger partial charge in [0.2, 0.25) is 0 Å². The van der Waals surface area contributed by atoms with Gasteiger partial charge in [0.25, 0.3) is 11.8 Å². The fourth-order valence-corrected chi connectivity index (χ4v) is 2.92. The molecule has 136 valence electrons. The van der Waals surface area contributed by atoms with Crippen molar-refractivity contribution in [3.63, 3.8) is 0 Å². The summed E-state index contributed by atoms with van der Waals surface area (Å²) in [5.74, 6) is 0.125. The second-order valence-electron chi connectivity index (χ2n) is 6.07. The summed E-state index contributed by atoms with van der Waals surface area (Å²) < 4.78 is 5.16. The molecule has 2 amide bonds. The number of aliphatic hydroxyl groups is 1. The molecular weight excluding hydrogens is 320 g/mol. The second kappa shape index (κ2) is 8.67. The zero-order valence-corrected chi connectivity index (χ0v) is 15.1. The molecule has 0 fully saturated rings. The molecule has 6 nitrogen and oxygen atoms in total. The molecule has 6 heteroatoms. The summed E-state index contributed by atoms with van der Waals surface area (Å²) in [6, 6.07) is 7.09. The number of benzene rings is 1. The number of methoxy groups -OCH3 is 1. The lowest BCUT2D eigenvalue weighted by atomic mass is 10.0. The molecule has 0 radical (unpaired) electrons. The summed E-state index contributed by atoms with van der Waals surface area (Å²) in [5.41, 5.74) is 1.41. The Morgan fingerprint density at radius 3 is 2.36 bits per heavy atom. The minimum Gasteiger partial charge on any atom is -0.497 e. The van der Waals surface area contributed by atoms with Gasteiger partial charge >= 0.3 is 0 Å². The molecule has 25 heavy (non-hydrogen) atoms. The van der Waals surface area contributed by atoms with Crippen molar-refractivity contribution in [3.8, 4) is 5.75 Å². The molecule has 0 saturated carbocycles. The van der Waals surface area contributed by atoms with E-state index in [9.17, 15) is 14.7 Å². The van der Waals surface area contributed by atoms with Gasteiger partial charge in [-0.25, -0.2) is 0 Å². The smallest absolute Gasteiger partial charge is 0.277 e. The predicted octanol–water partition coefficient (Wildman–Crippen LogP) is 1.89. The quantitative estimate of drug-likeness (QED) is 0.546. The Hall–Kier alpha value is -2.34. The number of ether oxygens (including phenoxy) is 1. The normalized spacial score (nSPS) is 14.5. The number of hydrogen-bond donors (Lipinski definition) is 1. The van der Waals surface area contributed by atoms with Crippen LogP contribution in [0.15, 0.2) is 30.0 Å². The lowest BCUT2D eigenvalue weighted by Crippen LogP contribution is -2.35. The van der Waals surface area contributed by atoms with Gasteiger partial charge in [-0.05, 0) is 24.1 Å². The molecule has 1 aromatic carbocycles. The summed E-state index contributed by atoms with van der Waals surface area (Å²) in [6.07, 6.45) is 2.78. The fraction of sp³-hybridized carbons (Fsp3) is 0.474. The van der Waals surface area contributed by atoms with Crippen molar-refractivity contribution >= 4 is 17.4 Å². The lowest BCUT2D eigenvalue weighted by molar-refractivity contribution is -0.137. The number of carbonyl (C=O) groups is 2. The van der Waals surface area contributed by atoms with Crippen LogP contribution in [-0.2, 0) is 9.59 Å². The van der Waals surface area contributed by atoms with Gasteiger partial charge in [-0.1, -0.05) is 31.9 Å². The predicted molar refractivity (Wildman–Crippen MR) is 95.9 cm³/mol. The Bertz CT molecular complexity index is 652. The topological polar surface area (TPSA) is 70.1 Å². The summed E-state index contributed by atoms with van der Waals surface area (Å²) in [5, 5.41) is 9.22. The van der Waals surface area contributed by atoms with Crippen LogP contribution in [0, 0.1) is 0 Å². The third-order valence-corrected chi connectivity index (χ3v) is 4.32. The van der Waals surface area contributed by atoms with Crippen LogP contribution in [0.25, 0.3) is 5.57 Å². The minimum absolute atomic E-state index is 0.0901. The van der Waals surface area contributed by atoms with Gasteiger partial charge in [-0.2, -0.15) is 0 Å². The van der Waals surface area contributed by atoms with Crippen LogP contribution in [-0.4, -0.2) is 60.6 Å². The number of likely N-dealkylation sites (N-methyl/N-ethyl adjacent to an activating group) is 1.